The minimum Gasteiger partial charge on any atom is -0.481 e. The molecule has 0 spiro atoms. The zero-order valence-electron chi connectivity index (χ0n) is 9.65. The van der Waals surface area contributed by atoms with Crippen LogP contribution in [-0.4, -0.2) is 11.1 Å². The number of hydrogen-bond acceptors (Lipinski definition) is 1. The average molecular weight is 218 g/mol. The molecule has 0 bridgehead atoms. The van der Waals surface area contributed by atoms with Crippen molar-refractivity contribution in [2.24, 2.45) is 0 Å². The van der Waals surface area contributed by atoms with E-state index in [1.54, 1.807) is 6.92 Å². The second-order valence-corrected chi connectivity index (χ2v) is 4.18. The smallest absolute Gasteiger partial charge is 0.313 e. The molecule has 0 amide bonds. The number of aliphatic carboxylic acids is 1. The first-order valence-corrected chi connectivity index (χ1v) is 5.51. The Balaban J connectivity index is 2.89. The van der Waals surface area contributed by atoms with Gasteiger partial charge in [-0.05, 0) is 31.7 Å². The quantitative estimate of drug-likeness (QED) is 0.587. The highest BCUT2D eigenvalue weighted by atomic mass is 16.4. The maximum atomic E-state index is 11.4. The largest absolute Gasteiger partial charge is 0.481 e. The molecule has 0 unspecified atom stereocenters. The minimum absolute atomic E-state index is 0.637. The van der Waals surface area contributed by atoms with Gasteiger partial charge in [0.2, 0.25) is 0 Å². The molecule has 0 aliphatic carbocycles. The van der Waals surface area contributed by atoms with E-state index in [0.717, 1.165) is 18.4 Å². The van der Waals surface area contributed by atoms with Crippen molar-refractivity contribution < 1.29 is 9.90 Å². The van der Waals surface area contributed by atoms with Crippen LogP contribution in [0.4, 0.5) is 0 Å². The molecule has 1 aromatic carbocycles. The molecule has 0 saturated carbocycles. The van der Waals surface area contributed by atoms with E-state index in [4.69, 9.17) is 0 Å². The third kappa shape index (κ3) is 2.72. The van der Waals surface area contributed by atoms with Gasteiger partial charge in [-0.25, -0.2) is 0 Å². The Morgan fingerprint density at radius 3 is 2.56 bits per heavy atom. The molecule has 1 N–H and O–H groups in total. The van der Waals surface area contributed by atoms with Crippen molar-refractivity contribution in [2.75, 3.05) is 0 Å². The maximum Gasteiger partial charge on any atom is 0.313 e. The van der Waals surface area contributed by atoms with Crippen molar-refractivity contribution in [2.45, 2.75) is 31.6 Å². The zero-order valence-corrected chi connectivity index (χ0v) is 9.65. The third-order valence-corrected chi connectivity index (χ3v) is 2.97. The van der Waals surface area contributed by atoms with Crippen LogP contribution in [0.1, 0.15) is 31.7 Å². The Bertz CT molecular complexity index is 356. The Labute approximate surface area is 96.6 Å². The predicted octanol–water partition coefficient (Wildman–Crippen LogP) is 3.39. The molecule has 0 fully saturated rings. The van der Waals surface area contributed by atoms with Crippen LogP contribution >= 0.6 is 0 Å². The summed E-state index contributed by atoms with van der Waals surface area (Å²) in [5, 5.41) is 9.36. The summed E-state index contributed by atoms with van der Waals surface area (Å²) in [5.74, 6) is -0.761. The first-order valence-electron chi connectivity index (χ1n) is 5.51. The zero-order chi connectivity index (χ0) is 12.0. The molecule has 0 saturated heterocycles. The summed E-state index contributed by atoms with van der Waals surface area (Å²) in [6.45, 7) is 5.44. The average Bonchev–Trinajstić information content (AvgIpc) is 2.30. The van der Waals surface area contributed by atoms with Crippen LogP contribution in [0.25, 0.3) is 0 Å². The lowest BCUT2D eigenvalue weighted by Crippen LogP contribution is -2.32. The molecule has 16 heavy (non-hydrogen) atoms. The molecule has 0 aromatic heterocycles. The second kappa shape index (κ2) is 5.50. The molecule has 2 heteroatoms. The summed E-state index contributed by atoms with van der Waals surface area (Å²) in [4.78, 5) is 11.4. The van der Waals surface area contributed by atoms with Crippen molar-refractivity contribution in [3.05, 3.63) is 48.6 Å². The number of carbonyl (C=O) groups is 1. The second-order valence-electron chi connectivity index (χ2n) is 4.18. The fourth-order valence-electron chi connectivity index (χ4n) is 1.78. The van der Waals surface area contributed by atoms with Crippen molar-refractivity contribution in [1.82, 2.24) is 0 Å². The van der Waals surface area contributed by atoms with Crippen LogP contribution in [0.5, 0.6) is 0 Å². The molecule has 2 nitrogen and oxygen atoms in total. The summed E-state index contributed by atoms with van der Waals surface area (Å²) in [5.41, 5.74) is 0.0798. The van der Waals surface area contributed by atoms with Crippen LogP contribution in [0.3, 0.4) is 0 Å². The Morgan fingerprint density at radius 1 is 1.44 bits per heavy atom. The molecule has 1 rings (SSSR count). The van der Waals surface area contributed by atoms with E-state index in [0.29, 0.717) is 6.42 Å². The lowest BCUT2D eigenvalue weighted by molar-refractivity contribution is -0.143. The molecule has 0 radical (unpaired) electrons. The molecule has 1 atom stereocenters. The third-order valence-electron chi connectivity index (χ3n) is 2.97. The number of benzene rings is 1. The molecule has 0 aliphatic heterocycles. The number of hydrogen-bond donors (Lipinski definition) is 1. The molecule has 1 aromatic rings. The van der Waals surface area contributed by atoms with Crippen LogP contribution < -0.4 is 0 Å². The first kappa shape index (κ1) is 12.5. The van der Waals surface area contributed by atoms with Gasteiger partial charge >= 0.3 is 5.97 Å². The van der Waals surface area contributed by atoms with Crippen molar-refractivity contribution in [3.8, 4) is 0 Å². The maximum absolute atomic E-state index is 11.4. The lowest BCUT2D eigenvalue weighted by Gasteiger charge is -2.25. The van der Waals surface area contributed by atoms with Gasteiger partial charge in [-0.2, -0.15) is 0 Å². The summed E-state index contributed by atoms with van der Waals surface area (Å²) >= 11 is 0. The fourth-order valence-corrected chi connectivity index (χ4v) is 1.78. The van der Waals surface area contributed by atoms with Crippen LogP contribution in [0.2, 0.25) is 0 Å². The van der Waals surface area contributed by atoms with Gasteiger partial charge in [-0.3, -0.25) is 4.79 Å². The summed E-state index contributed by atoms with van der Waals surface area (Å²) in [7, 11) is 0. The van der Waals surface area contributed by atoms with Gasteiger partial charge in [0.1, 0.15) is 0 Å². The molecule has 0 aliphatic rings. The fraction of sp³-hybridized carbons (Fsp3) is 0.357. The number of unbranched alkanes of at least 4 members (excludes halogenated alkanes) is 1. The monoisotopic (exact) mass is 218 g/mol. The summed E-state index contributed by atoms with van der Waals surface area (Å²) in [6.07, 6.45) is 4.17. The number of allylic oxidation sites excluding steroid dienone is 1. The molecular formula is C14H18O2. The van der Waals surface area contributed by atoms with Gasteiger partial charge < -0.3 is 5.11 Å². The van der Waals surface area contributed by atoms with E-state index in [1.807, 2.05) is 36.4 Å². The van der Waals surface area contributed by atoms with E-state index in [2.05, 4.69) is 6.58 Å². The van der Waals surface area contributed by atoms with E-state index in [-0.39, 0.29) is 0 Å². The van der Waals surface area contributed by atoms with Crippen molar-refractivity contribution in [3.63, 3.8) is 0 Å². The van der Waals surface area contributed by atoms with E-state index in [1.165, 1.54) is 0 Å². The van der Waals surface area contributed by atoms with Crippen LogP contribution in [0.15, 0.2) is 43.0 Å². The molecule has 0 heterocycles. The Morgan fingerprint density at radius 2 is 2.06 bits per heavy atom. The topological polar surface area (TPSA) is 37.3 Å². The SMILES string of the molecule is C=CCCC[C@@](C)(C(=O)O)c1ccccc1. The van der Waals surface area contributed by atoms with Gasteiger partial charge in [-0.15, -0.1) is 6.58 Å². The van der Waals surface area contributed by atoms with Gasteiger partial charge in [0.15, 0.2) is 0 Å². The normalized spacial score (nSPS) is 14.1. The molecular weight excluding hydrogens is 200 g/mol. The van der Waals surface area contributed by atoms with Crippen molar-refractivity contribution in [1.29, 1.82) is 0 Å². The van der Waals surface area contributed by atoms with Gasteiger partial charge in [0, 0.05) is 0 Å². The molecule has 86 valence electrons. The lowest BCUT2D eigenvalue weighted by atomic mass is 9.78. The predicted molar refractivity (Wildman–Crippen MR) is 65.5 cm³/mol. The summed E-state index contributed by atoms with van der Waals surface area (Å²) < 4.78 is 0. The number of carboxylic acids is 1. The highest BCUT2D eigenvalue weighted by molar-refractivity contribution is 5.80. The summed E-state index contributed by atoms with van der Waals surface area (Å²) in [6, 6.07) is 9.41. The Hall–Kier alpha value is -1.57. The highest BCUT2D eigenvalue weighted by Crippen LogP contribution is 2.29. The standard InChI is InChI=1S/C14H18O2/c1-3-4-8-11-14(2,13(15)16)12-9-6-5-7-10-12/h3,5-7,9-10H,1,4,8,11H2,2H3,(H,15,16)/t14-/m1/s1. The minimum atomic E-state index is -0.787. The van der Waals surface area contributed by atoms with Crippen LogP contribution in [-0.2, 0) is 10.2 Å². The van der Waals surface area contributed by atoms with E-state index in [9.17, 15) is 9.90 Å². The van der Waals surface area contributed by atoms with Crippen LogP contribution in [0, 0.1) is 0 Å². The van der Waals surface area contributed by atoms with E-state index >= 15 is 0 Å². The first-order chi connectivity index (χ1) is 7.61. The van der Waals surface area contributed by atoms with Gasteiger partial charge in [-0.1, -0.05) is 36.4 Å². The highest BCUT2D eigenvalue weighted by Gasteiger charge is 2.34. The number of carboxylic acid groups (broad SMARTS) is 1. The van der Waals surface area contributed by atoms with Gasteiger partial charge in [0.25, 0.3) is 0 Å². The van der Waals surface area contributed by atoms with Crippen molar-refractivity contribution >= 4 is 5.97 Å². The van der Waals surface area contributed by atoms with Gasteiger partial charge in [0.05, 0.1) is 5.41 Å². The number of rotatable bonds is 6. The Kier molecular flexibility index (Phi) is 4.29. The van der Waals surface area contributed by atoms with E-state index < -0.39 is 11.4 Å².